The summed E-state index contributed by atoms with van der Waals surface area (Å²) >= 11 is 0. The molecule has 0 bridgehead atoms. The van der Waals surface area contributed by atoms with Crippen LogP contribution < -0.4 is 0 Å². The van der Waals surface area contributed by atoms with Crippen LogP contribution in [0.2, 0.25) is 0 Å². The largest absolute Gasteiger partial charge is 0.309 e. The van der Waals surface area contributed by atoms with E-state index in [1.165, 1.54) is 110 Å². The van der Waals surface area contributed by atoms with E-state index in [0.29, 0.717) is 0 Å². The molecule has 4 aromatic heterocycles. The molecule has 9 aromatic carbocycles. The van der Waals surface area contributed by atoms with Gasteiger partial charge in [-0.1, -0.05) is 121 Å². The van der Waals surface area contributed by atoms with Crippen molar-refractivity contribution in [1.82, 2.24) is 13.5 Å². The van der Waals surface area contributed by atoms with Crippen LogP contribution >= 0.6 is 0 Å². The lowest BCUT2D eigenvalue weighted by atomic mass is 9.98. The molecule has 0 unspecified atom stereocenters. The van der Waals surface area contributed by atoms with E-state index in [-0.39, 0.29) is 0 Å². The minimum atomic E-state index is 1.15. The molecule has 4 heterocycles. The van der Waals surface area contributed by atoms with Gasteiger partial charge in [0.2, 0.25) is 0 Å². The Morgan fingerprint density at radius 1 is 0.228 bits per heavy atom. The summed E-state index contributed by atoms with van der Waals surface area (Å²) < 4.78 is 7.28. The summed E-state index contributed by atoms with van der Waals surface area (Å²) in [5.74, 6) is 0. The van der Waals surface area contributed by atoms with Crippen molar-refractivity contribution in [1.29, 1.82) is 0 Å². The van der Waals surface area contributed by atoms with E-state index in [1.807, 2.05) is 0 Å². The molecule has 264 valence electrons. The molecule has 0 N–H and O–H groups in total. The number of nitrogens with zero attached hydrogens (tertiary/aromatic N) is 3. The van der Waals surface area contributed by atoms with E-state index in [2.05, 4.69) is 214 Å². The smallest absolute Gasteiger partial charge is 0.0620 e. The lowest BCUT2D eigenvalue weighted by Crippen LogP contribution is -1.95. The molecule has 0 saturated heterocycles. The Kier molecular flexibility index (Phi) is 6.16. The SMILES string of the molecule is c1ccc(-n2c3ccccc3c3ccc(-c4cccc(-n5c6ccccc6c6cc(-c7cc8c9ccccc9n9c%10ccccc%10c(c7)c89)ccc65)c4)cc32)cc1. The van der Waals surface area contributed by atoms with Gasteiger partial charge in [0.05, 0.1) is 38.6 Å². The third-order valence-corrected chi connectivity index (χ3v) is 12.3. The van der Waals surface area contributed by atoms with E-state index in [4.69, 9.17) is 0 Å². The Hall–Kier alpha value is -7.62. The summed E-state index contributed by atoms with van der Waals surface area (Å²) in [6, 6.07) is 73.7. The van der Waals surface area contributed by atoms with Crippen molar-refractivity contribution in [2.24, 2.45) is 0 Å². The summed E-state index contributed by atoms with van der Waals surface area (Å²) in [6.45, 7) is 0. The van der Waals surface area contributed by atoms with Gasteiger partial charge in [0.1, 0.15) is 0 Å². The van der Waals surface area contributed by atoms with Gasteiger partial charge in [0, 0.05) is 54.5 Å². The van der Waals surface area contributed by atoms with Gasteiger partial charge in [-0.15, -0.1) is 0 Å². The number of hydrogen-bond acceptors (Lipinski definition) is 0. The number of rotatable bonds is 4. The first-order chi connectivity index (χ1) is 28.3. The molecule has 0 aliphatic rings. The van der Waals surface area contributed by atoms with Crippen LogP contribution in [-0.2, 0) is 0 Å². The van der Waals surface area contributed by atoms with Crippen LogP contribution in [0.5, 0.6) is 0 Å². The van der Waals surface area contributed by atoms with Gasteiger partial charge in [0.15, 0.2) is 0 Å². The second-order valence-corrected chi connectivity index (χ2v) is 15.3. The summed E-state index contributed by atoms with van der Waals surface area (Å²) in [5.41, 5.74) is 15.8. The number of fused-ring (bicyclic) bond motifs is 12. The monoisotopic (exact) mass is 723 g/mol. The Morgan fingerprint density at radius 2 is 0.684 bits per heavy atom. The van der Waals surface area contributed by atoms with Crippen LogP contribution in [0.1, 0.15) is 0 Å². The molecule has 0 amide bonds. The molecular formula is C54H33N3. The highest BCUT2D eigenvalue weighted by Gasteiger charge is 2.20. The molecule has 13 rings (SSSR count). The van der Waals surface area contributed by atoms with Crippen molar-refractivity contribution in [3.05, 3.63) is 200 Å². The van der Waals surface area contributed by atoms with Gasteiger partial charge in [-0.3, -0.25) is 0 Å². The quantitative estimate of drug-likeness (QED) is 0.172. The van der Waals surface area contributed by atoms with Gasteiger partial charge >= 0.3 is 0 Å². The van der Waals surface area contributed by atoms with E-state index in [9.17, 15) is 0 Å². The molecule has 0 atom stereocenters. The average molecular weight is 724 g/mol. The normalized spacial score (nSPS) is 12.2. The zero-order chi connectivity index (χ0) is 37.2. The van der Waals surface area contributed by atoms with Crippen molar-refractivity contribution in [2.75, 3.05) is 0 Å². The predicted molar refractivity (Wildman–Crippen MR) is 241 cm³/mol. The van der Waals surface area contributed by atoms with E-state index in [0.717, 1.165) is 5.69 Å². The Bertz CT molecular complexity index is 3660. The van der Waals surface area contributed by atoms with Crippen LogP contribution in [0.25, 0.3) is 115 Å². The Balaban J connectivity index is 0.985. The second-order valence-electron chi connectivity index (χ2n) is 15.3. The van der Waals surface area contributed by atoms with Gasteiger partial charge < -0.3 is 13.5 Å². The van der Waals surface area contributed by atoms with Gasteiger partial charge in [-0.05, 0) is 101 Å². The molecule has 0 aliphatic heterocycles. The predicted octanol–water partition coefficient (Wildman–Crippen LogP) is 14.4. The fourth-order valence-electron chi connectivity index (χ4n) is 9.88. The van der Waals surface area contributed by atoms with Crippen LogP contribution in [-0.4, -0.2) is 13.5 Å². The standard InChI is InChI=1S/C54H33N3/c1-2-14-38(15-3-1)55-48-21-8-4-17-40(48)44-27-25-36(33-53(44)55)34-13-12-16-39(29-34)56-49-22-9-5-18-41(49)45-30-35(26-28-52(45)56)37-31-46-42-19-6-10-23-50(42)57-51-24-11-7-20-43(51)47(32-37)54(46)57/h1-33H. The maximum Gasteiger partial charge on any atom is 0.0620 e. The fourth-order valence-corrected chi connectivity index (χ4v) is 9.88. The number of benzene rings is 9. The van der Waals surface area contributed by atoms with Crippen LogP contribution in [0.15, 0.2) is 200 Å². The van der Waals surface area contributed by atoms with Gasteiger partial charge in [0.25, 0.3) is 0 Å². The van der Waals surface area contributed by atoms with Crippen molar-refractivity contribution in [3.8, 4) is 33.6 Å². The lowest BCUT2D eigenvalue weighted by Gasteiger charge is -2.12. The highest BCUT2D eigenvalue weighted by Crippen LogP contribution is 2.43. The fraction of sp³-hybridized carbons (Fsp3) is 0. The second kappa shape index (κ2) is 11.5. The molecule has 0 saturated carbocycles. The third kappa shape index (κ3) is 4.26. The van der Waals surface area contributed by atoms with Crippen molar-refractivity contribution < 1.29 is 0 Å². The first-order valence-electron chi connectivity index (χ1n) is 19.7. The Morgan fingerprint density at radius 3 is 1.37 bits per heavy atom. The van der Waals surface area contributed by atoms with E-state index < -0.39 is 0 Å². The molecule has 57 heavy (non-hydrogen) atoms. The number of para-hydroxylation sites is 5. The summed E-state index contributed by atoms with van der Waals surface area (Å²) in [4.78, 5) is 0. The molecular weight excluding hydrogens is 691 g/mol. The molecule has 0 radical (unpaired) electrons. The van der Waals surface area contributed by atoms with E-state index >= 15 is 0 Å². The first-order valence-corrected chi connectivity index (χ1v) is 19.7. The van der Waals surface area contributed by atoms with Crippen molar-refractivity contribution >= 4 is 81.7 Å². The van der Waals surface area contributed by atoms with Crippen molar-refractivity contribution in [3.63, 3.8) is 0 Å². The first kappa shape index (κ1) is 30.7. The highest BCUT2D eigenvalue weighted by atomic mass is 15.0. The molecule has 13 aromatic rings. The maximum atomic E-state index is 2.45. The molecule has 3 heteroatoms. The topological polar surface area (TPSA) is 14.3 Å². The zero-order valence-corrected chi connectivity index (χ0v) is 30.9. The maximum absolute atomic E-state index is 2.45. The van der Waals surface area contributed by atoms with Gasteiger partial charge in [-0.25, -0.2) is 0 Å². The average Bonchev–Trinajstić information content (AvgIpc) is 4.00. The summed E-state index contributed by atoms with van der Waals surface area (Å²) in [5, 5.41) is 10.2. The zero-order valence-electron chi connectivity index (χ0n) is 30.9. The minimum absolute atomic E-state index is 1.15. The highest BCUT2D eigenvalue weighted by molar-refractivity contribution is 6.24. The summed E-state index contributed by atoms with van der Waals surface area (Å²) in [7, 11) is 0. The molecule has 0 fully saturated rings. The third-order valence-electron chi connectivity index (χ3n) is 12.3. The van der Waals surface area contributed by atoms with Crippen LogP contribution in [0.4, 0.5) is 0 Å². The van der Waals surface area contributed by atoms with Crippen LogP contribution in [0.3, 0.4) is 0 Å². The number of hydrogen-bond donors (Lipinski definition) is 0. The van der Waals surface area contributed by atoms with Crippen LogP contribution in [0, 0.1) is 0 Å². The molecule has 0 spiro atoms. The molecule has 0 aliphatic carbocycles. The van der Waals surface area contributed by atoms with Crippen molar-refractivity contribution in [2.45, 2.75) is 0 Å². The summed E-state index contributed by atoms with van der Waals surface area (Å²) in [6.07, 6.45) is 0. The van der Waals surface area contributed by atoms with E-state index in [1.54, 1.807) is 0 Å². The minimum Gasteiger partial charge on any atom is -0.309 e. The van der Waals surface area contributed by atoms with Gasteiger partial charge in [-0.2, -0.15) is 0 Å². The molecule has 3 nitrogen and oxygen atoms in total. The number of aromatic nitrogens is 3. The Labute approximate surface area is 327 Å². The lowest BCUT2D eigenvalue weighted by molar-refractivity contribution is 1.18.